The van der Waals surface area contributed by atoms with E-state index in [0.29, 0.717) is 25.3 Å². The van der Waals surface area contributed by atoms with Crippen LogP contribution < -0.4 is 10.1 Å². The zero-order chi connectivity index (χ0) is 21.3. The molecule has 1 unspecified atom stereocenters. The minimum atomic E-state index is -0.994. The van der Waals surface area contributed by atoms with Gasteiger partial charge in [-0.15, -0.1) is 0 Å². The summed E-state index contributed by atoms with van der Waals surface area (Å²) in [7, 11) is 0. The predicted molar refractivity (Wildman–Crippen MR) is 120 cm³/mol. The third-order valence-electron chi connectivity index (χ3n) is 4.81. The number of carboxylic acids is 1. The van der Waals surface area contributed by atoms with Crippen molar-refractivity contribution >= 4 is 34.5 Å². The van der Waals surface area contributed by atoms with Crippen molar-refractivity contribution < 1.29 is 19.4 Å². The van der Waals surface area contributed by atoms with E-state index in [0.717, 1.165) is 22.2 Å². The van der Waals surface area contributed by atoms with Gasteiger partial charge in [-0.25, -0.2) is 4.79 Å². The van der Waals surface area contributed by atoms with E-state index in [1.165, 1.54) is 0 Å². The number of aryl methyl sites for hydroxylation is 1. The highest BCUT2D eigenvalue weighted by atomic mass is 32.2. The van der Waals surface area contributed by atoms with Gasteiger partial charge in [0.25, 0.3) is 0 Å². The Morgan fingerprint density at radius 3 is 2.70 bits per heavy atom. The molecule has 0 aliphatic carbocycles. The largest absolute Gasteiger partial charge is 0.489 e. The number of thioether (sulfide) groups is 1. The van der Waals surface area contributed by atoms with Gasteiger partial charge in [0.15, 0.2) is 0 Å². The number of benzene rings is 2. The molecule has 1 heterocycles. The van der Waals surface area contributed by atoms with E-state index in [1.807, 2.05) is 71.6 Å². The van der Waals surface area contributed by atoms with Crippen molar-refractivity contribution in [2.45, 2.75) is 32.0 Å². The molecule has 7 heteroatoms. The monoisotopic (exact) mass is 426 g/mol. The van der Waals surface area contributed by atoms with Gasteiger partial charge in [0, 0.05) is 30.1 Å². The van der Waals surface area contributed by atoms with Crippen LogP contribution in [0.25, 0.3) is 10.9 Å². The van der Waals surface area contributed by atoms with Gasteiger partial charge in [0.05, 0.1) is 0 Å². The Morgan fingerprint density at radius 1 is 1.17 bits per heavy atom. The minimum Gasteiger partial charge on any atom is -0.489 e. The highest BCUT2D eigenvalue weighted by Crippen LogP contribution is 2.23. The molecule has 1 atom stereocenters. The van der Waals surface area contributed by atoms with Crippen molar-refractivity contribution in [3.63, 3.8) is 0 Å². The van der Waals surface area contributed by atoms with Crippen LogP contribution in [0, 0.1) is 0 Å². The number of nitrogens with one attached hydrogen (secondary N) is 1. The summed E-state index contributed by atoms with van der Waals surface area (Å²) in [5, 5.41) is 12.9. The Hall–Kier alpha value is -2.93. The molecule has 0 radical (unpaired) electrons. The van der Waals surface area contributed by atoms with E-state index < -0.39 is 12.0 Å². The first-order valence-corrected chi connectivity index (χ1v) is 11.2. The zero-order valence-electron chi connectivity index (χ0n) is 16.9. The van der Waals surface area contributed by atoms with Gasteiger partial charge in [0.2, 0.25) is 5.91 Å². The first-order chi connectivity index (χ1) is 14.6. The molecule has 1 amide bonds. The van der Waals surface area contributed by atoms with Crippen LogP contribution in [0.5, 0.6) is 5.75 Å². The summed E-state index contributed by atoms with van der Waals surface area (Å²) >= 11 is 1.56. The average Bonchev–Trinajstić information content (AvgIpc) is 3.16. The van der Waals surface area contributed by atoms with Gasteiger partial charge in [-0.3, -0.25) is 4.79 Å². The van der Waals surface area contributed by atoms with E-state index >= 15 is 0 Å². The number of ether oxygens (including phenoxy) is 1. The highest BCUT2D eigenvalue weighted by Gasteiger charge is 2.19. The molecule has 0 spiro atoms. The number of fused-ring (bicyclic) bond motifs is 1. The van der Waals surface area contributed by atoms with Gasteiger partial charge in [-0.05, 0) is 48.3 Å². The van der Waals surface area contributed by atoms with Gasteiger partial charge in [-0.2, -0.15) is 11.8 Å². The van der Waals surface area contributed by atoms with Crippen LogP contribution in [0.1, 0.15) is 18.4 Å². The fourth-order valence-corrected chi connectivity index (χ4v) is 3.66. The lowest BCUT2D eigenvalue weighted by molar-refractivity contribution is -0.141. The van der Waals surface area contributed by atoms with Crippen molar-refractivity contribution in [3.8, 4) is 5.75 Å². The maximum Gasteiger partial charge on any atom is 0.326 e. The SMILES string of the molecule is CSCCC(NC(=O)CCn1ccc2cc(OCc3ccccc3)ccc21)C(=O)O. The summed E-state index contributed by atoms with van der Waals surface area (Å²) in [6, 6.07) is 17.0. The van der Waals surface area contributed by atoms with E-state index in [4.69, 9.17) is 4.74 Å². The average molecular weight is 427 g/mol. The van der Waals surface area contributed by atoms with Gasteiger partial charge < -0.3 is 19.7 Å². The molecule has 158 valence electrons. The Bertz CT molecular complexity index is 987. The summed E-state index contributed by atoms with van der Waals surface area (Å²) in [5.41, 5.74) is 2.12. The molecule has 1 aromatic heterocycles. The first kappa shape index (κ1) is 21.8. The van der Waals surface area contributed by atoms with Crippen molar-refractivity contribution in [3.05, 3.63) is 66.4 Å². The van der Waals surface area contributed by atoms with Gasteiger partial charge in [-0.1, -0.05) is 30.3 Å². The summed E-state index contributed by atoms with van der Waals surface area (Å²) in [4.78, 5) is 23.5. The Balaban J connectivity index is 1.56. The smallest absolute Gasteiger partial charge is 0.326 e. The third kappa shape index (κ3) is 6.03. The molecule has 0 saturated carbocycles. The number of carbonyl (C=O) groups excluding carboxylic acids is 1. The summed E-state index contributed by atoms with van der Waals surface area (Å²) in [6.45, 7) is 0.989. The molecule has 0 aliphatic rings. The van der Waals surface area contributed by atoms with Crippen LogP contribution in [0.15, 0.2) is 60.8 Å². The standard InChI is InChI=1S/C23H26N2O4S/c1-30-14-11-20(23(27)28)24-22(26)10-13-25-12-9-18-15-19(7-8-21(18)25)29-16-17-5-3-2-4-6-17/h2-9,12,15,20H,10-11,13-14,16H2,1H3,(H,24,26)(H,27,28). The van der Waals surface area contributed by atoms with E-state index in [-0.39, 0.29) is 12.3 Å². The number of aliphatic carboxylic acids is 1. The molecule has 2 aromatic carbocycles. The lowest BCUT2D eigenvalue weighted by Crippen LogP contribution is -2.41. The van der Waals surface area contributed by atoms with Crippen LogP contribution in [0.3, 0.4) is 0 Å². The number of carboxylic acid groups (broad SMARTS) is 1. The van der Waals surface area contributed by atoms with Crippen molar-refractivity contribution in [1.82, 2.24) is 9.88 Å². The fourth-order valence-electron chi connectivity index (χ4n) is 3.19. The summed E-state index contributed by atoms with van der Waals surface area (Å²) in [6.07, 6.45) is 4.48. The van der Waals surface area contributed by atoms with Crippen molar-refractivity contribution in [1.29, 1.82) is 0 Å². The number of hydrogen-bond acceptors (Lipinski definition) is 4. The Labute approximate surface area is 180 Å². The molecule has 6 nitrogen and oxygen atoms in total. The zero-order valence-corrected chi connectivity index (χ0v) is 17.7. The topological polar surface area (TPSA) is 80.6 Å². The highest BCUT2D eigenvalue weighted by molar-refractivity contribution is 7.98. The number of aromatic nitrogens is 1. The lowest BCUT2D eigenvalue weighted by atomic mass is 10.2. The van der Waals surface area contributed by atoms with Gasteiger partial charge in [0.1, 0.15) is 18.4 Å². The second kappa shape index (κ2) is 10.7. The predicted octanol–water partition coefficient (Wildman–Crippen LogP) is 3.93. The number of nitrogens with zero attached hydrogens (tertiary/aromatic N) is 1. The fraction of sp³-hybridized carbons (Fsp3) is 0.304. The lowest BCUT2D eigenvalue weighted by Gasteiger charge is -2.14. The summed E-state index contributed by atoms with van der Waals surface area (Å²) < 4.78 is 7.87. The molecule has 2 N–H and O–H groups in total. The second-order valence-corrected chi connectivity index (χ2v) is 7.98. The number of carbonyl (C=O) groups is 2. The molecule has 0 bridgehead atoms. The normalized spacial score (nSPS) is 11.9. The number of amides is 1. The van der Waals surface area contributed by atoms with Crippen LogP contribution in [0.2, 0.25) is 0 Å². The van der Waals surface area contributed by atoms with E-state index in [2.05, 4.69) is 5.32 Å². The Kier molecular flexibility index (Phi) is 7.79. The minimum absolute atomic E-state index is 0.221. The Morgan fingerprint density at radius 2 is 1.97 bits per heavy atom. The summed E-state index contributed by atoms with van der Waals surface area (Å²) in [5.74, 6) is 0.230. The molecule has 3 aromatic rings. The van der Waals surface area contributed by atoms with Crippen molar-refractivity contribution in [2.75, 3.05) is 12.0 Å². The number of hydrogen-bond donors (Lipinski definition) is 2. The molecule has 3 rings (SSSR count). The van der Waals surface area contributed by atoms with Crippen molar-refractivity contribution in [2.24, 2.45) is 0 Å². The number of rotatable bonds is 11. The van der Waals surface area contributed by atoms with Crippen LogP contribution in [-0.4, -0.2) is 39.6 Å². The van der Waals surface area contributed by atoms with Crippen LogP contribution in [0.4, 0.5) is 0 Å². The maximum atomic E-state index is 12.2. The molecule has 0 saturated heterocycles. The molecular formula is C23H26N2O4S. The molecule has 0 fully saturated rings. The second-order valence-electron chi connectivity index (χ2n) is 6.99. The molecule has 0 aliphatic heterocycles. The van der Waals surface area contributed by atoms with Crippen LogP contribution in [-0.2, 0) is 22.7 Å². The molecule has 30 heavy (non-hydrogen) atoms. The van der Waals surface area contributed by atoms with Crippen LogP contribution >= 0.6 is 11.8 Å². The third-order valence-corrected chi connectivity index (χ3v) is 5.46. The molecular weight excluding hydrogens is 400 g/mol. The van der Waals surface area contributed by atoms with E-state index in [1.54, 1.807) is 11.8 Å². The first-order valence-electron chi connectivity index (χ1n) is 9.83. The quantitative estimate of drug-likeness (QED) is 0.486. The maximum absolute atomic E-state index is 12.2. The van der Waals surface area contributed by atoms with E-state index in [9.17, 15) is 14.7 Å². The van der Waals surface area contributed by atoms with Gasteiger partial charge >= 0.3 is 5.97 Å².